The van der Waals surface area contributed by atoms with Gasteiger partial charge in [-0.1, -0.05) is 0 Å². The second-order valence-corrected chi connectivity index (χ2v) is 4.05. The zero-order valence-electron chi connectivity index (χ0n) is 10.8. The molecule has 6 nitrogen and oxygen atoms in total. The summed E-state index contributed by atoms with van der Waals surface area (Å²) in [5, 5.41) is 0. The zero-order valence-corrected chi connectivity index (χ0v) is 10.8. The van der Waals surface area contributed by atoms with E-state index in [0.29, 0.717) is 31.9 Å². The fraction of sp³-hybridized carbons (Fsp3) is 0.500. The number of hydrogen-bond donors (Lipinski definition) is 1. The molecule has 0 radical (unpaired) electrons. The molecule has 0 aromatic carbocycles. The standard InChI is InChI=1S/C12H19N3O3/c1-14(2)12(17)10-3-4-11(16)15(9-10)6-8-18-7-5-13/h3-4,9H,5-8,13H2,1-2H3. The average Bonchev–Trinajstić information content (AvgIpc) is 2.35. The fourth-order valence-corrected chi connectivity index (χ4v) is 1.44. The van der Waals surface area contributed by atoms with Crippen molar-refractivity contribution in [3.8, 4) is 0 Å². The minimum absolute atomic E-state index is 0.133. The number of aromatic nitrogens is 1. The SMILES string of the molecule is CN(C)C(=O)c1ccc(=O)n(CCOCCN)c1. The molecule has 0 atom stereocenters. The van der Waals surface area contributed by atoms with Crippen LogP contribution >= 0.6 is 0 Å². The van der Waals surface area contributed by atoms with Crippen molar-refractivity contribution in [3.05, 3.63) is 34.2 Å². The van der Waals surface area contributed by atoms with Crippen molar-refractivity contribution in [3.63, 3.8) is 0 Å². The van der Waals surface area contributed by atoms with Crippen LogP contribution < -0.4 is 11.3 Å². The van der Waals surface area contributed by atoms with Crippen LogP contribution in [-0.2, 0) is 11.3 Å². The number of ether oxygens (including phenoxy) is 1. The Morgan fingerprint density at radius 2 is 2.11 bits per heavy atom. The molecule has 0 aliphatic heterocycles. The summed E-state index contributed by atoms with van der Waals surface area (Å²) in [5.74, 6) is -0.133. The molecule has 0 bridgehead atoms. The lowest BCUT2D eigenvalue weighted by atomic mass is 10.2. The number of hydrogen-bond acceptors (Lipinski definition) is 4. The van der Waals surface area contributed by atoms with Gasteiger partial charge in [0.25, 0.3) is 11.5 Å². The summed E-state index contributed by atoms with van der Waals surface area (Å²) in [6.45, 7) is 1.73. The van der Waals surface area contributed by atoms with Crippen LogP contribution in [0.5, 0.6) is 0 Å². The Bertz CT molecular complexity index is 454. The first-order valence-electron chi connectivity index (χ1n) is 5.76. The topological polar surface area (TPSA) is 77.6 Å². The van der Waals surface area contributed by atoms with Gasteiger partial charge in [0.05, 0.1) is 18.8 Å². The van der Waals surface area contributed by atoms with E-state index in [1.165, 1.54) is 21.6 Å². The summed E-state index contributed by atoms with van der Waals surface area (Å²) in [7, 11) is 3.34. The summed E-state index contributed by atoms with van der Waals surface area (Å²) < 4.78 is 6.67. The third-order valence-electron chi connectivity index (χ3n) is 2.38. The molecule has 0 saturated carbocycles. The van der Waals surface area contributed by atoms with Crippen LogP contribution in [0.15, 0.2) is 23.1 Å². The lowest BCUT2D eigenvalue weighted by Gasteiger charge is -2.12. The van der Waals surface area contributed by atoms with Gasteiger partial charge in [-0.2, -0.15) is 0 Å². The smallest absolute Gasteiger partial charge is 0.254 e. The van der Waals surface area contributed by atoms with E-state index in [2.05, 4.69) is 0 Å². The van der Waals surface area contributed by atoms with Gasteiger partial charge >= 0.3 is 0 Å². The van der Waals surface area contributed by atoms with Gasteiger partial charge in [0.1, 0.15) is 0 Å². The number of nitrogens with two attached hydrogens (primary N) is 1. The number of nitrogens with zero attached hydrogens (tertiary/aromatic N) is 2. The van der Waals surface area contributed by atoms with Gasteiger partial charge in [0.15, 0.2) is 0 Å². The molecular weight excluding hydrogens is 234 g/mol. The molecule has 100 valence electrons. The van der Waals surface area contributed by atoms with Crippen molar-refractivity contribution in [2.24, 2.45) is 5.73 Å². The summed E-state index contributed by atoms with van der Waals surface area (Å²) in [4.78, 5) is 24.8. The Kier molecular flexibility index (Phi) is 5.54. The summed E-state index contributed by atoms with van der Waals surface area (Å²) >= 11 is 0. The third kappa shape index (κ3) is 3.97. The molecule has 0 fully saturated rings. The Labute approximate surface area is 106 Å². The molecule has 1 aromatic heterocycles. The second-order valence-electron chi connectivity index (χ2n) is 4.05. The van der Waals surface area contributed by atoms with Crippen molar-refractivity contribution in [1.82, 2.24) is 9.47 Å². The average molecular weight is 253 g/mol. The molecule has 6 heteroatoms. The van der Waals surface area contributed by atoms with E-state index in [-0.39, 0.29) is 11.5 Å². The van der Waals surface area contributed by atoms with Gasteiger partial charge in [0, 0.05) is 39.4 Å². The van der Waals surface area contributed by atoms with Gasteiger partial charge in [0.2, 0.25) is 0 Å². The first kappa shape index (κ1) is 14.4. The van der Waals surface area contributed by atoms with Crippen LogP contribution in [0.4, 0.5) is 0 Å². The van der Waals surface area contributed by atoms with Crippen LogP contribution in [0.25, 0.3) is 0 Å². The van der Waals surface area contributed by atoms with E-state index in [4.69, 9.17) is 10.5 Å². The summed E-state index contributed by atoms with van der Waals surface area (Å²) in [6, 6.07) is 2.92. The minimum Gasteiger partial charge on any atom is -0.378 e. The predicted octanol–water partition coefficient (Wildman–Crippen LogP) is -0.475. The Hall–Kier alpha value is -1.66. The van der Waals surface area contributed by atoms with E-state index in [9.17, 15) is 9.59 Å². The van der Waals surface area contributed by atoms with Crippen LogP contribution in [0.3, 0.4) is 0 Å². The van der Waals surface area contributed by atoms with Crippen molar-refractivity contribution >= 4 is 5.91 Å². The van der Waals surface area contributed by atoms with Crippen molar-refractivity contribution in [2.75, 3.05) is 33.9 Å². The first-order chi connectivity index (χ1) is 8.56. The molecule has 1 amide bonds. The minimum atomic E-state index is -0.151. The lowest BCUT2D eigenvalue weighted by molar-refractivity contribution is 0.0826. The molecule has 0 saturated heterocycles. The maximum Gasteiger partial charge on any atom is 0.254 e. The van der Waals surface area contributed by atoms with Crippen molar-refractivity contribution < 1.29 is 9.53 Å². The number of carbonyl (C=O) groups is 1. The Morgan fingerprint density at radius 3 is 2.72 bits per heavy atom. The van der Waals surface area contributed by atoms with E-state index in [0.717, 1.165) is 0 Å². The molecule has 1 aromatic rings. The monoisotopic (exact) mass is 253 g/mol. The van der Waals surface area contributed by atoms with Crippen LogP contribution in [0.1, 0.15) is 10.4 Å². The largest absolute Gasteiger partial charge is 0.378 e. The van der Waals surface area contributed by atoms with Crippen LogP contribution in [0, 0.1) is 0 Å². The van der Waals surface area contributed by atoms with Gasteiger partial charge < -0.3 is 19.9 Å². The van der Waals surface area contributed by atoms with Crippen LogP contribution in [0.2, 0.25) is 0 Å². The summed E-state index contributed by atoms with van der Waals surface area (Å²) in [6.07, 6.45) is 1.55. The molecule has 0 aliphatic rings. The van der Waals surface area contributed by atoms with Crippen molar-refractivity contribution in [1.29, 1.82) is 0 Å². The third-order valence-corrected chi connectivity index (χ3v) is 2.38. The van der Waals surface area contributed by atoms with Gasteiger partial charge in [-0.3, -0.25) is 9.59 Å². The second kappa shape index (κ2) is 6.93. The quantitative estimate of drug-likeness (QED) is 0.695. The molecule has 2 N–H and O–H groups in total. The predicted molar refractivity (Wildman–Crippen MR) is 68.6 cm³/mol. The number of pyridine rings is 1. The highest BCUT2D eigenvalue weighted by Crippen LogP contribution is 1.99. The van der Waals surface area contributed by atoms with Gasteiger partial charge in [-0.15, -0.1) is 0 Å². The van der Waals surface area contributed by atoms with E-state index < -0.39 is 0 Å². The van der Waals surface area contributed by atoms with E-state index in [1.807, 2.05) is 0 Å². The molecular formula is C12H19N3O3. The van der Waals surface area contributed by atoms with E-state index >= 15 is 0 Å². The Balaban J connectivity index is 2.75. The van der Waals surface area contributed by atoms with E-state index in [1.54, 1.807) is 20.3 Å². The highest BCUT2D eigenvalue weighted by molar-refractivity contribution is 5.93. The molecule has 0 spiro atoms. The highest BCUT2D eigenvalue weighted by atomic mass is 16.5. The van der Waals surface area contributed by atoms with Crippen molar-refractivity contribution in [2.45, 2.75) is 6.54 Å². The number of carbonyl (C=O) groups excluding carboxylic acids is 1. The molecule has 1 heterocycles. The molecule has 1 rings (SSSR count). The highest BCUT2D eigenvalue weighted by Gasteiger charge is 2.09. The summed E-state index contributed by atoms with van der Waals surface area (Å²) in [5.41, 5.74) is 5.62. The maximum atomic E-state index is 11.7. The zero-order chi connectivity index (χ0) is 13.5. The fourth-order valence-electron chi connectivity index (χ4n) is 1.44. The number of amides is 1. The maximum absolute atomic E-state index is 11.7. The number of rotatable bonds is 6. The van der Waals surface area contributed by atoms with Gasteiger partial charge in [-0.05, 0) is 6.07 Å². The molecule has 0 aliphatic carbocycles. The van der Waals surface area contributed by atoms with Gasteiger partial charge in [-0.25, -0.2) is 0 Å². The molecule has 18 heavy (non-hydrogen) atoms. The Morgan fingerprint density at radius 1 is 1.39 bits per heavy atom. The molecule has 0 unspecified atom stereocenters. The normalized spacial score (nSPS) is 10.4. The lowest BCUT2D eigenvalue weighted by Crippen LogP contribution is -2.27. The van der Waals surface area contributed by atoms with Crippen LogP contribution in [-0.4, -0.2) is 49.2 Å². The first-order valence-corrected chi connectivity index (χ1v) is 5.76.